The highest BCUT2D eigenvalue weighted by molar-refractivity contribution is 7.13. The van der Waals surface area contributed by atoms with Crippen LogP contribution in [0.4, 0.5) is 0 Å². The third-order valence-electron chi connectivity index (χ3n) is 4.25. The van der Waals surface area contributed by atoms with Crippen LogP contribution in [0, 0.1) is 0 Å². The van der Waals surface area contributed by atoms with Gasteiger partial charge >= 0.3 is 0 Å². The molecule has 6 nitrogen and oxygen atoms in total. The summed E-state index contributed by atoms with van der Waals surface area (Å²) in [5.41, 5.74) is 0.695. The number of rotatable bonds is 8. The molecule has 1 N–H and O–H groups in total. The van der Waals surface area contributed by atoms with E-state index in [9.17, 15) is 4.79 Å². The van der Waals surface area contributed by atoms with Gasteiger partial charge in [-0.2, -0.15) is 0 Å². The Labute approximate surface area is 152 Å². The molecular weight excluding hydrogens is 338 g/mol. The lowest BCUT2D eigenvalue weighted by molar-refractivity contribution is -0.126. The number of ether oxygens (including phenoxy) is 1. The number of amides is 1. The molecule has 0 radical (unpaired) electrons. The maximum Gasteiger partial charge on any atom is 0.246 e. The Morgan fingerprint density at radius 2 is 2.16 bits per heavy atom. The summed E-state index contributed by atoms with van der Waals surface area (Å²) >= 11 is 1.60. The second kappa shape index (κ2) is 9.70. The van der Waals surface area contributed by atoms with Gasteiger partial charge in [0, 0.05) is 19.2 Å². The van der Waals surface area contributed by atoms with Crippen LogP contribution in [0.15, 0.2) is 28.1 Å². The van der Waals surface area contributed by atoms with Gasteiger partial charge < -0.3 is 19.5 Å². The largest absolute Gasteiger partial charge is 0.365 e. The van der Waals surface area contributed by atoms with E-state index in [1.165, 1.54) is 25.7 Å². The van der Waals surface area contributed by atoms with E-state index < -0.39 is 0 Å². The molecule has 0 saturated carbocycles. The van der Waals surface area contributed by atoms with Crippen LogP contribution in [-0.2, 0) is 16.1 Å². The topological polar surface area (TPSA) is 67.6 Å². The van der Waals surface area contributed by atoms with E-state index in [1.54, 1.807) is 11.3 Å². The molecule has 1 aliphatic rings. The standard InChI is InChI=1S/C18H25N3O3S/c22-18(19-7-10-21-8-3-1-2-4-9-21)14-23-13-15-12-16(24-20-15)17-6-5-11-25-17/h5-6,11-12H,1-4,7-10,13-14H2,(H,19,22). The van der Waals surface area contributed by atoms with Gasteiger partial charge in [-0.25, -0.2) is 0 Å². The van der Waals surface area contributed by atoms with Crippen molar-refractivity contribution in [1.82, 2.24) is 15.4 Å². The number of hydrogen-bond donors (Lipinski definition) is 1. The monoisotopic (exact) mass is 363 g/mol. The van der Waals surface area contributed by atoms with Gasteiger partial charge in [-0.1, -0.05) is 24.1 Å². The molecule has 25 heavy (non-hydrogen) atoms. The van der Waals surface area contributed by atoms with Crippen molar-refractivity contribution in [1.29, 1.82) is 0 Å². The van der Waals surface area contributed by atoms with Crippen LogP contribution in [0.3, 0.4) is 0 Å². The summed E-state index contributed by atoms with van der Waals surface area (Å²) in [6.45, 7) is 4.19. The first-order valence-corrected chi connectivity index (χ1v) is 9.75. The van der Waals surface area contributed by atoms with Crippen LogP contribution in [0.25, 0.3) is 10.6 Å². The highest BCUT2D eigenvalue weighted by Gasteiger charge is 2.10. The second-order valence-corrected chi connectivity index (χ2v) is 7.21. The van der Waals surface area contributed by atoms with Crippen LogP contribution in [0.5, 0.6) is 0 Å². The predicted octanol–water partition coefficient (Wildman–Crippen LogP) is 2.91. The average molecular weight is 363 g/mol. The molecule has 0 aliphatic carbocycles. The van der Waals surface area contributed by atoms with Gasteiger partial charge in [-0.15, -0.1) is 11.3 Å². The van der Waals surface area contributed by atoms with Gasteiger partial charge in [0.1, 0.15) is 12.3 Å². The number of hydrogen-bond acceptors (Lipinski definition) is 6. The smallest absolute Gasteiger partial charge is 0.246 e. The number of nitrogens with zero attached hydrogens (tertiary/aromatic N) is 2. The SMILES string of the molecule is O=C(COCc1cc(-c2cccs2)on1)NCCN1CCCCCC1. The Bertz CT molecular complexity index is 634. The van der Waals surface area contributed by atoms with Crippen molar-refractivity contribution in [2.24, 2.45) is 0 Å². The van der Waals surface area contributed by atoms with E-state index in [-0.39, 0.29) is 19.1 Å². The Morgan fingerprint density at radius 3 is 2.92 bits per heavy atom. The molecule has 1 amide bonds. The van der Waals surface area contributed by atoms with E-state index in [0.29, 0.717) is 12.2 Å². The zero-order chi connectivity index (χ0) is 17.3. The zero-order valence-corrected chi connectivity index (χ0v) is 15.2. The van der Waals surface area contributed by atoms with Crippen molar-refractivity contribution in [2.45, 2.75) is 32.3 Å². The average Bonchev–Trinajstić information content (AvgIpc) is 3.23. The molecule has 0 bridgehead atoms. The Hall–Kier alpha value is -1.70. The fourth-order valence-corrected chi connectivity index (χ4v) is 3.60. The quantitative estimate of drug-likeness (QED) is 0.781. The van der Waals surface area contributed by atoms with Crippen molar-refractivity contribution in [3.05, 3.63) is 29.3 Å². The number of aromatic nitrogens is 1. The van der Waals surface area contributed by atoms with Crippen LogP contribution < -0.4 is 5.32 Å². The van der Waals surface area contributed by atoms with Crippen molar-refractivity contribution in [2.75, 3.05) is 32.8 Å². The maximum absolute atomic E-state index is 11.8. The minimum atomic E-state index is -0.0863. The molecule has 3 heterocycles. The van der Waals surface area contributed by atoms with Crippen molar-refractivity contribution < 1.29 is 14.1 Å². The summed E-state index contributed by atoms with van der Waals surface area (Å²) < 4.78 is 10.7. The van der Waals surface area contributed by atoms with Gasteiger partial charge in [0.15, 0.2) is 5.76 Å². The van der Waals surface area contributed by atoms with E-state index >= 15 is 0 Å². The van der Waals surface area contributed by atoms with Crippen molar-refractivity contribution >= 4 is 17.2 Å². The minimum Gasteiger partial charge on any atom is -0.365 e. The first kappa shape index (κ1) is 18.1. The zero-order valence-electron chi connectivity index (χ0n) is 14.4. The molecule has 2 aromatic rings. The number of nitrogens with one attached hydrogen (secondary N) is 1. The van der Waals surface area contributed by atoms with E-state index in [0.717, 1.165) is 30.3 Å². The van der Waals surface area contributed by atoms with Crippen LogP contribution in [0.2, 0.25) is 0 Å². The van der Waals surface area contributed by atoms with Crippen LogP contribution in [0.1, 0.15) is 31.4 Å². The molecule has 2 aromatic heterocycles. The van der Waals surface area contributed by atoms with Crippen molar-refractivity contribution in [3.8, 4) is 10.6 Å². The molecule has 1 aliphatic heterocycles. The molecule has 0 aromatic carbocycles. The third kappa shape index (κ3) is 5.95. The summed E-state index contributed by atoms with van der Waals surface area (Å²) in [6.07, 6.45) is 5.18. The summed E-state index contributed by atoms with van der Waals surface area (Å²) in [7, 11) is 0. The second-order valence-electron chi connectivity index (χ2n) is 6.26. The van der Waals surface area contributed by atoms with Gasteiger partial charge in [0.05, 0.1) is 11.5 Å². The van der Waals surface area contributed by atoms with E-state index in [4.69, 9.17) is 9.26 Å². The number of carbonyl (C=O) groups is 1. The van der Waals surface area contributed by atoms with Crippen molar-refractivity contribution in [3.63, 3.8) is 0 Å². The minimum absolute atomic E-state index is 0.0429. The van der Waals surface area contributed by atoms with E-state index in [2.05, 4.69) is 15.4 Å². The first-order valence-electron chi connectivity index (χ1n) is 8.87. The summed E-state index contributed by atoms with van der Waals surface area (Å²) in [5.74, 6) is 0.646. The third-order valence-corrected chi connectivity index (χ3v) is 5.14. The first-order chi connectivity index (χ1) is 12.3. The predicted molar refractivity (Wildman–Crippen MR) is 97.4 cm³/mol. The number of carbonyl (C=O) groups excluding carboxylic acids is 1. The lowest BCUT2D eigenvalue weighted by Crippen LogP contribution is -2.36. The molecule has 136 valence electrons. The Kier molecular flexibility index (Phi) is 7.02. The highest BCUT2D eigenvalue weighted by atomic mass is 32.1. The van der Waals surface area contributed by atoms with Gasteiger partial charge in [-0.3, -0.25) is 4.79 Å². The Balaban J connectivity index is 1.30. The summed E-state index contributed by atoms with van der Waals surface area (Å²) in [6, 6.07) is 5.80. The molecule has 3 rings (SSSR count). The molecule has 7 heteroatoms. The number of thiophene rings is 1. The summed E-state index contributed by atoms with van der Waals surface area (Å²) in [5, 5.41) is 8.88. The van der Waals surface area contributed by atoms with Gasteiger partial charge in [-0.05, 0) is 37.4 Å². The fourth-order valence-electron chi connectivity index (χ4n) is 2.93. The normalized spacial score (nSPS) is 15.8. The number of likely N-dealkylation sites (tertiary alicyclic amines) is 1. The lowest BCUT2D eigenvalue weighted by atomic mass is 10.2. The van der Waals surface area contributed by atoms with E-state index in [1.807, 2.05) is 23.6 Å². The molecule has 0 spiro atoms. The van der Waals surface area contributed by atoms with Crippen LogP contribution in [-0.4, -0.2) is 48.7 Å². The molecule has 0 unspecified atom stereocenters. The maximum atomic E-state index is 11.8. The molecule has 0 atom stereocenters. The fraction of sp³-hybridized carbons (Fsp3) is 0.556. The lowest BCUT2D eigenvalue weighted by Gasteiger charge is -2.19. The molecule has 1 fully saturated rings. The molecular formula is C18H25N3O3S. The van der Waals surface area contributed by atoms with Crippen LogP contribution >= 0.6 is 11.3 Å². The van der Waals surface area contributed by atoms with Gasteiger partial charge in [0.2, 0.25) is 5.91 Å². The van der Waals surface area contributed by atoms with Gasteiger partial charge in [0.25, 0.3) is 0 Å². The highest BCUT2D eigenvalue weighted by Crippen LogP contribution is 2.25. The Morgan fingerprint density at radius 1 is 1.32 bits per heavy atom. The molecule has 1 saturated heterocycles. The summed E-state index contributed by atoms with van der Waals surface area (Å²) in [4.78, 5) is 15.3.